The number of unbranched alkanes of at least 4 members (excludes halogenated alkanes) is 3. The predicted octanol–water partition coefficient (Wildman–Crippen LogP) is 9.66. The van der Waals surface area contributed by atoms with E-state index in [-0.39, 0.29) is 151 Å². The van der Waals surface area contributed by atoms with Gasteiger partial charge in [-0.25, -0.2) is 9.59 Å². The Bertz CT molecular complexity index is 5200. The first-order valence-electron chi connectivity index (χ1n) is 40.2. The molecule has 5 aromatic carbocycles. The molecule has 8 rings (SSSR count). The zero-order valence-electron chi connectivity index (χ0n) is 69.4. The average Bonchev–Trinajstić information content (AvgIpc) is 1.60. The maximum atomic E-state index is 14.4. The number of carboxylic acid groups (broad SMARTS) is 3. The number of ether oxygens (including phenoxy) is 1. The Morgan fingerprint density at radius 1 is 0.548 bits per heavy atom. The van der Waals surface area contributed by atoms with Gasteiger partial charge in [0, 0.05) is 111 Å². The molecule has 670 valence electrons. The van der Waals surface area contributed by atoms with E-state index in [0.29, 0.717) is 55.8 Å². The van der Waals surface area contributed by atoms with Crippen LogP contribution in [0.4, 0.5) is 16.2 Å². The van der Waals surface area contributed by atoms with Crippen LogP contribution >= 0.6 is 0 Å². The van der Waals surface area contributed by atoms with Crippen LogP contribution in [0.3, 0.4) is 0 Å². The average molecular weight is 1800 g/mol. The van der Waals surface area contributed by atoms with Gasteiger partial charge < -0.3 is 46.2 Å². The molecule has 3 aliphatic rings. The van der Waals surface area contributed by atoms with Gasteiger partial charge in [0.1, 0.15) is 35.7 Å². The molecule has 0 aromatic heterocycles. The van der Waals surface area contributed by atoms with Crippen LogP contribution in [0.2, 0.25) is 0 Å². The van der Waals surface area contributed by atoms with E-state index in [9.17, 15) is 79.3 Å². The number of amides is 4. The van der Waals surface area contributed by atoms with Crippen LogP contribution in [0.5, 0.6) is 5.75 Å². The summed E-state index contributed by atoms with van der Waals surface area (Å²) in [6.07, 6.45) is 12.3. The Kier molecular flexibility index (Phi) is 42.7. The maximum absolute atomic E-state index is 14.4. The Balaban J connectivity index is 0.00000234. The summed E-state index contributed by atoms with van der Waals surface area (Å²) in [5, 5.41) is 39.4. The third-order valence-corrected chi connectivity index (χ3v) is 22.4. The summed E-state index contributed by atoms with van der Waals surface area (Å²) in [6, 6.07) is 38.3. The summed E-state index contributed by atoms with van der Waals surface area (Å²) >= 11 is 0. The zero-order chi connectivity index (χ0) is 91.7. The highest BCUT2D eigenvalue weighted by Gasteiger charge is 2.45. The smallest absolute Gasteiger partial charge is 0.425 e. The van der Waals surface area contributed by atoms with Crippen LogP contribution in [-0.4, -0.2) is 186 Å². The number of anilines is 1. The predicted molar refractivity (Wildman–Crippen MR) is 455 cm³/mol. The lowest BCUT2D eigenvalue weighted by Gasteiger charge is -2.27. The van der Waals surface area contributed by atoms with Gasteiger partial charge in [-0.2, -0.15) is 31.0 Å². The third-order valence-electron chi connectivity index (χ3n) is 20.8. The fraction of sp³-hybridized carbons (Fsp3) is 0.437. The van der Waals surface area contributed by atoms with Gasteiger partial charge in [-0.3, -0.25) is 42.7 Å². The van der Waals surface area contributed by atoms with Crippen LogP contribution in [0.15, 0.2) is 180 Å². The molecular weight excluding hydrogens is 1690 g/mol. The fourth-order valence-corrected chi connectivity index (χ4v) is 15.9. The zero-order valence-corrected chi connectivity index (χ0v) is 72.6. The van der Waals surface area contributed by atoms with E-state index in [2.05, 4.69) is 94.9 Å². The van der Waals surface area contributed by atoms with E-state index in [1.807, 2.05) is 84.9 Å². The van der Waals surface area contributed by atoms with Crippen molar-refractivity contribution in [1.29, 1.82) is 0 Å². The van der Waals surface area contributed by atoms with Gasteiger partial charge in [-0.1, -0.05) is 129 Å². The number of fused-ring (bicyclic) bond motifs is 2. The van der Waals surface area contributed by atoms with E-state index in [1.54, 1.807) is 36.4 Å². The molecule has 1 aliphatic carbocycles. The number of allylic oxidation sites excluding steroid dienone is 7. The number of urea groups is 1. The lowest BCUT2D eigenvalue weighted by Crippen LogP contribution is -2.46. The number of Topliss-reactive ketones (excluding diaryl/α,β-unsaturated/α-hetero) is 3. The molecule has 0 saturated heterocycles. The molecule has 124 heavy (non-hydrogen) atoms. The maximum Gasteiger partial charge on any atom is 0.425 e. The third kappa shape index (κ3) is 36.4. The Morgan fingerprint density at radius 2 is 1.09 bits per heavy atom. The molecule has 9 N–H and O–H groups in total. The van der Waals surface area contributed by atoms with Crippen molar-refractivity contribution in [2.45, 2.75) is 192 Å². The molecule has 4 atom stereocenters. The molecule has 0 radical (unpaired) electrons. The van der Waals surface area contributed by atoms with E-state index in [4.69, 9.17) is 44.7 Å². The number of hydrogen-bond acceptors (Lipinski definition) is 23. The Morgan fingerprint density at radius 3 is 1.69 bits per heavy atom. The van der Waals surface area contributed by atoms with Gasteiger partial charge in [0.05, 0.1) is 28.9 Å². The number of nitrogens with zero attached hydrogens (tertiary/aromatic N) is 2. The van der Waals surface area contributed by atoms with E-state index in [1.165, 1.54) is 0 Å². The monoisotopic (exact) mass is 1800 g/mol. The van der Waals surface area contributed by atoms with Crippen molar-refractivity contribution >= 4 is 118 Å². The number of carboxylic acids is 3. The first-order chi connectivity index (χ1) is 58.6. The molecule has 4 amide bonds. The number of para-hydroxylation sites is 2. The van der Waals surface area contributed by atoms with E-state index in [0.717, 1.165) is 62.6 Å². The van der Waals surface area contributed by atoms with Crippen LogP contribution < -0.4 is 30.9 Å². The second kappa shape index (κ2) is 51.5. The van der Waals surface area contributed by atoms with Crippen molar-refractivity contribution in [3.63, 3.8) is 0 Å². The molecule has 0 bridgehead atoms. The summed E-state index contributed by atoms with van der Waals surface area (Å²) in [5.74, 6) is -7.06. The molecule has 2 heterocycles. The second-order valence-electron chi connectivity index (χ2n) is 30.8. The van der Waals surface area contributed by atoms with Gasteiger partial charge in [-0.05, 0) is 167 Å². The summed E-state index contributed by atoms with van der Waals surface area (Å²) < 4.78 is 126. The van der Waals surface area contributed by atoms with Crippen molar-refractivity contribution in [2.75, 3.05) is 42.6 Å². The van der Waals surface area contributed by atoms with Crippen LogP contribution in [0.25, 0.3) is 0 Å². The number of aliphatic carboxylic acids is 3. The van der Waals surface area contributed by atoms with Crippen LogP contribution in [0, 0.1) is 11.8 Å². The molecule has 0 unspecified atom stereocenters. The number of ketones is 3. The first kappa shape index (κ1) is 103. The van der Waals surface area contributed by atoms with Gasteiger partial charge in [0.25, 0.3) is 20.2 Å². The summed E-state index contributed by atoms with van der Waals surface area (Å²) in [6.45, 7) is 9.65. The van der Waals surface area contributed by atoms with Crippen molar-refractivity contribution < 1.29 is 129 Å². The highest BCUT2D eigenvalue weighted by molar-refractivity contribution is 7.86. The van der Waals surface area contributed by atoms with Crippen molar-refractivity contribution in [2.24, 2.45) is 11.8 Å². The first-order valence-corrected chi connectivity index (χ1v) is 45.4. The molecule has 0 fully saturated rings. The molecule has 0 saturated carbocycles. The van der Waals surface area contributed by atoms with Crippen molar-refractivity contribution in [1.82, 2.24) is 21.3 Å². The van der Waals surface area contributed by atoms with E-state index < -0.39 is 118 Å². The molecule has 2 aliphatic heterocycles. The Hall–Kier alpha value is -11.6. The summed E-state index contributed by atoms with van der Waals surface area (Å²) in [7, 11) is -14.5. The van der Waals surface area contributed by atoms with E-state index >= 15 is 0 Å². The summed E-state index contributed by atoms with van der Waals surface area (Å²) in [5.41, 5.74) is 9.26. The lowest BCUT2D eigenvalue weighted by molar-refractivity contribution is -0.438. The van der Waals surface area contributed by atoms with Crippen molar-refractivity contribution in [3.05, 3.63) is 208 Å². The number of nitrogens with one attached hydrogen (secondary N) is 4. The van der Waals surface area contributed by atoms with Gasteiger partial charge >= 0.3 is 51.3 Å². The molecule has 37 heteroatoms. The topological polar surface area (TPSA) is 523 Å². The SMILES string of the molecule is CC1(C)C(/C=C/C2=C(Oc3ccc(C[C@H](CC(=O)CCCNC(=O)[C@@H](CC(=O)[C@H](Cc4ccccc4)NC(=O)CCCCC(=O)CC[C@H](NC(=O)NCCCC(=O)O)C(=O)O)Cc4ccccc4)C(=O)O)cc3)C(=C/C=C3/N(CCCCS(=O)(=O)O)c4ccccc4C3(C)C)/CCC2)=[N+](CCCCS(=O)(=O)O)c2ccccc21.O=C=O.O=S(=O)=O.O=S(=O)=O. The number of carbonyl (C=O) groups is 9. The van der Waals surface area contributed by atoms with Gasteiger partial charge in [-0.15, -0.1) is 25.3 Å². The van der Waals surface area contributed by atoms with Gasteiger partial charge in [0.2, 0.25) is 17.5 Å². The quantitative estimate of drug-likeness (QED) is 0.00993. The minimum absolute atomic E-state index is 0.0109. The van der Waals surface area contributed by atoms with Crippen molar-refractivity contribution in [3.8, 4) is 5.75 Å². The number of hydrogen-bond donors (Lipinski definition) is 9. The number of rotatable bonds is 47. The lowest BCUT2D eigenvalue weighted by atomic mass is 9.81. The van der Waals surface area contributed by atoms with Crippen LogP contribution in [-0.2, 0) is 119 Å². The van der Waals surface area contributed by atoms with Gasteiger partial charge in [0.15, 0.2) is 11.5 Å². The molecule has 0 spiro atoms. The van der Waals surface area contributed by atoms with Crippen LogP contribution in [0.1, 0.15) is 178 Å². The largest absolute Gasteiger partial charge is 0.481 e. The fourth-order valence-electron chi connectivity index (χ4n) is 14.8. The minimum Gasteiger partial charge on any atom is -0.481 e. The number of carbonyl (C=O) groups excluding carboxylic acids is 8. The highest BCUT2D eigenvalue weighted by Crippen LogP contribution is 2.48. The number of benzene rings is 5. The molecular formula is C87H107N6O27S4+. The molecule has 5 aromatic rings. The highest BCUT2D eigenvalue weighted by atomic mass is 32.2. The normalized spacial score (nSPS) is 15.3. The standard InChI is InChI=1S/C86H106N6O19S2.CO2.2O3S/c1-85(2)69-32-12-14-34-73(69)91(50-17-19-52-112(105,106)107)76(85)46-40-62-28-21-29-63(41-47-77-86(3,4)70-33-13-15-35-74(70)92(77)51-18-20-53-113(108,109)110)80(62)111-68-43-38-61(39-44-68)55-65(82(100)101)57-67(94)31-22-48-87-81(99)64(54-59-24-7-5-8-25-59)58-75(95)72(56-60-26-9-6-10-27-60)89-78(96)36-16-11-30-66(93)42-45-71(83(102)103)90-84(104)88-49-23-37-79(97)98;2-1-3;2*1-4(2)3/h5-10,12-15,24-27,32-35,38-41,43-44,46-47,64-65,71-72H,11,16-23,28-31,36-37,42,45,48-58H2,1-4H3,(H8-,87,88,89,90,96,97,98,99,100,101,102,103,104,105,106,107,108,109,110);;;/p+1/t64-,65-,71+,72+;;;/m1.../s1. The summed E-state index contributed by atoms with van der Waals surface area (Å²) in [4.78, 5) is 135. The molecule has 33 nitrogen and oxygen atoms in total. The Labute approximate surface area is 723 Å². The minimum atomic E-state index is -4.15. The second-order valence-corrected chi connectivity index (χ2v) is 34.8.